The molecule has 24 heavy (non-hydrogen) atoms. The number of alkyl halides is 2. The lowest BCUT2D eigenvalue weighted by atomic mass is 10.0. The number of aromatic nitrogens is 4. The largest absolute Gasteiger partial charge is 0.369 e. The zero-order chi connectivity index (χ0) is 17.7. The first-order chi connectivity index (χ1) is 11.1. The van der Waals surface area contributed by atoms with Crippen molar-refractivity contribution in [1.29, 1.82) is 0 Å². The Labute approximate surface area is 134 Å². The van der Waals surface area contributed by atoms with Crippen LogP contribution in [0.1, 0.15) is 25.3 Å². The highest BCUT2D eigenvalue weighted by molar-refractivity contribution is 7.51. The van der Waals surface area contributed by atoms with Crippen LogP contribution in [0.15, 0.2) is 11.1 Å². The molecule has 2 atom stereocenters. The highest BCUT2D eigenvalue weighted by Gasteiger charge is 2.53. The lowest BCUT2D eigenvalue weighted by Crippen LogP contribution is -2.32. The van der Waals surface area contributed by atoms with E-state index in [0.29, 0.717) is 0 Å². The molecule has 0 spiro atoms. The van der Waals surface area contributed by atoms with Crippen LogP contribution in [-0.2, 0) is 4.57 Å². The molecule has 9 nitrogen and oxygen atoms in total. The number of hydrogen-bond acceptors (Lipinski definition) is 5. The van der Waals surface area contributed by atoms with E-state index in [4.69, 9.17) is 15.5 Å². The molecule has 1 saturated carbocycles. The van der Waals surface area contributed by atoms with Gasteiger partial charge in [-0.15, -0.1) is 0 Å². The quantitative estimate of drug-likeness (QED) is 0.589. The second kappa shape index (κ2) is 5.61. The fourth-order valence-corrected chi connectivity index (χ4v) is 3.82. The monoisotopic (exact) mass is 363 g/mol. The van der Waals surface area contributed by atoms with Crippen LogP contribution in [0.2, 0.25) is 0 Å². The summed E-state index contributed by atoms with van der Waals surface area (Å²) in [4.78, 5) is 39.5. The van der Waals surface area contributed by atoms with E-state index < -0.39 is 37.2 Å². The van der Waals surface area contributed by atoms with E-state index in [1.807, 2.05) is 0 Å². The third-order valence-electron chi connectivity index (χ3n) is 4.33. The van der Waals surface area contributed by atoms with Crippen molar-refractivity contribution >= 4 is 24.7 Å². The molecule has 0 aromatic carbocycles. The molecule has 2 aromatic rings. The maximum Gasteiger partial charge on any atom is 0.325 e. The molecular weight excluding hydrogens is 347 g/mol. The first-order valence-corrected chi connectivity index (χ1v) is 9.04. The summed E-state index contributed by atoms with van der Waals surface area (Å²) in [5, 5.41) is 0. The van der Waals surface area contributed by atoms with Gasteiger partial charge in [0.25, 0.3) is 11.5 Å². The Bertz CT molecular complexity index is 876. The van der Waals surface area contributed by atoms with Crippen LogP contribution in [0.4, 0.5) is 14.7 Å². The zero-order valence-electron chi connectivity index (χ0n) is 12.4. The molecule has 0 bridgehead atoms. The smallest absolute Gasteiger partial charge is 0.325 e. The minimum atomic E-state index is -4.33. The lowest BCUT2D eigenvalue weighted by molar-refractivity contribution is -0.0703. The molecule has 0 aliphatic heterocycles. The van der Waals surface area contributed by atoms with Crippen LogP contribution in [0.5, 0.6) is 0 Å². The number of nitrogens with zero attached hydrogens (tertiary/aromatic N) is 3. The van der Waals surface area contributed by atoms with Gasteiger partial charge in [0.1, 0.15) is 6.04 Å². The summed E-state index contributed by atoms with van der Waals surface area (Å²) in [7, 11) is -4.33. The van der Waals surface area contributed by atoms with Crippen molar-refractivity contribution in [1.82, 2.24) is 19.5 Å². The summed E-state index contributed by atoms with van der Waals surface area (Å²) in [5.41, 5.74) is 4.73. The summed E-state index contributed by atoms with van der Waals surface area (Å²) in [6.07, 6.45) is 0.442. The Hall–Kier alpha value is -1.84. The maximum absolute atomic E-state index is 14.7. The predicted molar refractivity (Wildman–Crippen MR) is 80.8 cm³/mol. The molecule has 132 valence electrons. The fourth-order valence-electron chi connectivity index (χ4n) is 3.17. The van der Waals surface area contributed by atoms with Gasteiger partial charge in [0.2, 0.25) is 5.95 Å². The van der Waals surface area contributed by atoms with Crippen LogP contribution >= 0.6 is 7.60 Å². The van der Waals surface area contributed by atoms with Gasteiger partial charge in [-0.25, -0.2) is 13.8 Å². The Kier molecular flexibility index (Phi) is 3.97. The molecule has 2 aromatic heterocycles. The summed E-state index contributed by atoms with van der Waals surface area (Å²) >= 11 is 0. The third-order valence-corrected chi connectivity index (χ3v) is 5.17. The Morgan fingerprint density at radius 3 is 2.83 bits per heavy atom. The van der Waals surface area contributed by atoms with Gasteiger partial charge < -0.3 is 20.1 Å². The van der Waals surface area contributed by atoms with Crippen molar-refractivity contribution < 1.29 is 23.1 Å². The number of rotatable bonds is 4. The second-order valence-corrected chi connectivity index (χ2v) is 7.69. The van der Waals surface area contributed by atoms with Crippen molar-refractivity contribution in [3.05, 3.63) is 16.7 Å². The standard InChI is InChI=1S/C12H16F2N5O4P/c13-12(14)6(3-4-24(21,22)23)1-2-7(12)19-5-16-8-9(19)17-11(15)18-10(8)20/h5-7H,1-4H2,(H2,21,22,23)(H3,15,17,18,20)/t6-,7-/m0/s1. The molecule has 0 amide bonds. The first kappa shape index (κ1) is 17.0. The molecule has 0 unspecified atom stereocenters. The average Bonchev–Trinajstić information content (AvgIpc) is 2.96. The highest BCUT2D eigenvalue weighted by atomic mass is 31.2. The number of aromatic amines is 1. The Balaban J connectivity index is 1.93. The van der Waals surface area contributed by atoms with Gasteiger partial charge in [-0.1, -0.05) is 0 Å². The van der Waals surface area contributed by atoms with Gasteiger partial charge in [0.05, 0.1) is 12.5 Å². The van der Waals surface area contributed by atoms with Crippen molar-refractivity contribution in [2.45, 2.75) is 31.2 Å². The van der Waals surface area contributed by atoms with Crippen molar-refractivity contribution in [2.75, 3.05) is 11.9 Å². The maximum atomic E-state index is 14.7. The van der Waals surface area contributed by atoms with E-state index in [1.54, 1.807) is 0 Å². The van der Waals surface area contributed by atoms with Gasteiger partial charge >= 0.3 is 7.60 Å². The Morgan fingerprint density at radius 1 is 1.46 bits per heavy atom. The topological polar surface area (TPSA) is 147 Å². The molecule has 1 aliphatic carbocycles. The van der Waals surface area contributed by atoms with Gasteiger partial charge in [0, 0.05) is 5.92 Å². The number of anilines is 1. The van der Waals surface area contributed by atoms with Crippen LogP contribution in [0.25, 0.3) is 11.2 Å². The number of H-pyrrole nitrogens is 1. The van der Waals surface area contributed by atoms with Crippen molar-refractivity contribution in [3.63, 3.8) is 0 Å². The predicted octanol–water partition coefficient (Wildman–Crippen LogP) is 0.856. The summed E-state index contributed by atoms with van der Waals surface area (Å²) in [6, 6.07) is -1.29. The normalized spacial score (nSPS) is 23.8. The number of nitrogens with one attached hydrogen (secondary N) is 1. The minimum Gasteiger partial charge on any atom is -0.369 e. The molecule has 1 aliphatic rings. The number of nitrogen functional groups attached to an aromatic ring is 1. The molecule has 12 heteroatoms. The fraction of sp³-hybridized carbons (Fsp3) is 0.583. The zero-order valence-corrected chi connectivity index (χ0v) is 13.3. The summed E-state index contributed by atoms with van der Waals surface area (Å²) in [5.74, 6) is -4.57. The van der Waals surface area contributed by atoms with Gasteiger partial charge in [-0.3, -0.25) is 14.3 Å². The molecule has 2 heterocycles. The average molecular weight is 363 g/mol. The highest BCUT2D eigenvalue weighted by Crippen LogP contribution is 2.51. The van der Waals surface area contributed by atoms with Crippen molar-refractivity contribution in [2.24, 2.45) is 5.92 Å². The van der Waals surface area contributed by atoms with Crippen LogP contribution in [-0.4, -0.2) is 41.4 Å². The van der Waals surface area contributed by atoms with Crippen LogP contribution in [0.3, 0.4) is 0 Å². The van der Waals surface area contributed by atoms with Crippen LogP contribution in [0, 0.1) is 5.92 Å². The molecule has 0 radical (unpaired) electrons. The SMILES string of the molecule is Nc1nc2c(ncn2[C@H]2CC[C@@H](CCP(=O)(O)O)C2(F)F)c(=O)[nH]1. The van der Waals surface area contributed by atoms with Gasteiger partial charge in [-0.2, -0.15) is 4.98 Å². The number of imidazole rings is 1. The molecule has 3 rings (SSSR count). The number of fused-ring (bicyclic) bond motifs is 1. The van der Waals surface area contributed by atoms with Gasteiger partial charge in [-0.05, 0) is 19.3 Å². The summed E-state index contributed by atoms with van der Waals surface area (Å²) < 4.78 is 41.4. The third kappa shape index (κ3) is 2.94. The van der Waals surface area contributed by atoms with E-state index in [2.05, 4.69) is 15.0 Å². The van der Waals surface area contributed by atoms with E-state index >= 15 is 0 Å². The van der Waals surface area contributed by atoms with Crippen molar-refractivity contribution in [3.8, 4) is 0 Å². The van der Waals surface area contributed by atoms with Crippen LogP contribution < -0.4 is 11.3 Å². The van der Waals surface area contributed by atoms with E-state index in [9.17, 15) is 18.1 Å². The summed E-state index contributed by atoms with van der Waals surface area (Å²) in [6.45, 7) is 0. The number of halogens is 2. The van der Waals surface area contributed by atoms with Gasteiger partial charge in [0.15, 0.2) is 11.2 Å². The second-order valence-electron chi connectivity index (χ2n) is 5.92. The molecule has 1 fully saturated rings. The number of nitrogens with two attached hydrogens (primary N) is 1. The lowest BCUT2D eigenvalue weighted by Gasteiger charge is -2.25. The molecular formula is C12H16F2N5O4P. The molecule has 5 N–H and O–H groups in total. The Morgan fingerprint density at radius 2 is 2.17 bits per heavy atom. The van der Waals surface area contributed by atoms with E-state index in [-0.39, 0.29) is 36.4 Å². The van der Waals surface area contributed by atoms with E-state index in [0.717, 1.165) is 10.9 Å². The number of hydrogen-bond donors (Lipinski definition) is 4. The first-order valence-electron chi connectivity index (χ1n) is 7.24. The van der Waals surface area contributed by atoms with E-state index in [1.165, 1.54) is 0 Å². The molecule has 0 saturated heterocycles. The minimum absolute atomic E-state index is 0.0310.